The van der Waals surface area contributed by atoms with Crippen molar-refractivity contribution in [2.24, 2.45) is 0 Å². The summed E-state index contributed by atoms with van der Waals surface area (Å²) in [5.41, 5.74) is 13.8. The second-order valence-corrected chi connectivity index (χ2v) is 17.9. The van der Waals surface area contributed by atoms with Gasteiger partial charge in [0, 0.05) is 0 Å². The Balaban J connectivity index is 0.000000130. The van der Waals surface area contributed by atoms with Gasteiger partial charge in [0.25, 0.3) is 0 Å². The number of halogens is 2. The molecule has 0 saturated heterocycles. The second kappa shape index (κ2) is 18.3. The molecule has 8 aromatic rings. The van der Waals surface area contributed by atoms with Crippen molar-refractivity contribution in [3.63, 3.8) is 0 Å². The molecule has 0 fully saturated rings. The van der Waals surface area contributed by atoms with Crippen LogP contribution in [0.5, 0.6) is 0 Å². The first-order valence-electron chi connectivity index (χ1n) is 17.8. The minimum absolute atomic E-state index is 0.795. The molecule has 4 heteroatoms. The molecule has 1 heterocycles. The fraction of sp³-hybridized carbons (Fsp3) is 0.125. The summed E-state index contributed by atoms with van der Waals surface area (Å²) < 4.78 is 0. The SMILES string of the molecule is CCc1ccc2[cH-]c(C)cc2c1-c1ccccc1.CCc1ccc2[cH-]c(C)cc2c1-c1ccccc1.[Cl][Zr][Cl].[c-]1cccc2c1[Si]c1ccccc1-2. The maximum absolute atomic E-state index is 4.93. The molecule has 258 valence electrons. The molecule has 0 aliphatic carbocycles. The summed E-state index contributed by atoms with van der Waals surface area (Å²) >= 11 is -0.826. The molecule has 0 saturated carbocycles. The minimum Gasteiger partial charge on any atom is -0.184 e. The van der Waals surface area contributed by atoms with Crippen LogP contribution >= 0.6 is 17.0 Å². The molecule has 0 nitrogen and oxygen atoms in total. The molecular formula is C48H41Cl2SiZr-3. The molecule has 0 bridgehead atoms. The maximum atomic E-state index is 4.93. The first-order valence-corrected chi connectivity index (χ1v) is 25.1. The first kappa shape index (κ1) is 38.0. The van der Waals surface area contributed by atoms with Crippen LogP contribution in [0.3, 0.4) is 0 Å². The molecule has 52 heavy (non-hydrogen) atoms. The third-order valence-electron chi connectivity index (χ3n) is 9.46. The van der Waals surface area contributed by atoms with Gasteiger partial charge >= 0.3 is 37.9 Å². The van der Waals surface area contributed by atoms with Crippen LogP contribution in [0.1, 0.15) is 36.1 Å². The van der Waals surface area contributed by atoms with Crippen LogP contribution in [0, 0.1) is 19.9 Å². The summed E-state index contributed by atoms with van der Waals surface area (Å²) in [6, 6.07) is 57.8. The average molecular weight is 808 g/mol. The third kappa shape index (κ3) is 8.70. The van der Waals surface area contributed by atoms with Crippen molar-refractivity contribution in [2.45, 2.75) is 40.5 Å². The van der Waals surface area contributed by atoms with E-state index in [4.69, 9.17) is 17.0 Å². The molecule has 0 unspecified atom stereocenters. The summed E-state index contributed by atoms with van der Waals surface area (Å²) in [4.78, 5) is 0. The zero-order valence-corrected chi connectivity index (χ0v) is 35.1. The van der Waals surface area contributed by atoms with E-state index in [1.54, 1.807) is 0 Å². The van der Waals surface area contributed by atoms with Crippen LogP contribution in [0.4, 0.5) is 0 Å². The first-order chi connectivity index (χ1) is 25.4. The summed E-state index contributed by atoms with van der Waals surface area (Å²) in [5, 5.41) is 8.30. The molecular weight excluding hydrogens is 767 g/mol. The van der Waals surface area contributed by atoms with E-state index >= 15 is 0 Å². The van der Waals surface area contributed by atoms with Gasteiger partial charge in [0.05, 0.1) is 9.52 Å². The Hall–Kier alpha value is -3.78. The van der Waals surface area contributed by atoms with E-state index < -0.39 is 20.8 Å². The Bertz CT molecular complexity index is 2200. The van der Waals surface area contributed by atoms with Crippen LogP contribution in [0.2, 0.25) is 0 Å². The number of aryl methyl sites for hydroxylation is 4. The standard InChI is InChI=1S/2C18H17.C12H7Si.2ClH.Zr/c2*1-3-14-9-10-16-11-13(2)12-17(16)18(14)15-7-5-4-6-8-15;1-3-7-11-9(5-1)10-6-2-4-8-12(10)13-11;;;/h2*4-12H,3H2,1-2H3;1-7H;2*1H;/q3*-1;;;+2/p-2. The predicted molar refractivity (Wildman–Crippen MR) is 226 cm³/mol. The summed E-state index contributed by atoms with van der Waals surface area (Å²) in [6.07, 6.45) is 2.15. The van der Waals surface area contributed by atoms with Crippen LogP contribution in [0.25, 0.3) is 54.9 Å². The van der Waals surface area contributed by atoms with E-state index in [9.17, 15) is 0 Å². The molecule has 8 aromatic carbocycles. The van der Waals surface area contributed by atoms with E-state index in [2.05, 4.69) is 179 Å². The largest absolute Gasteiger partial charge is 0.184 e. The maximum Gasteiger partial charge on any atom is 0.0920 e. The summed E-state index contributed by atoms with van der Waals surface area (Å²) in [7, 11) is 10.7. The average Bonchev–Trinajstić information content (AvgIpc) is 3.88. The van der Waals surface area contributed by atoms with Crippen LogP contribution in [-0.4, -0.2) is 9.52 Å². The number of hydrogen-bond donors (Lipinski definition) is 0. The monoisotopic (exact) mass is 805 g/mol. The van der Waals surface area contributed by atoms with E-state index in [0.717, 1.165) is 22.4 Å². The molecule has 0 spiro atoms. The number of benzene rings is 6. The fourth-order valence-electron chi connectivity index (χ4n) is 7.16. The number of hydrogen-bond acceptors (Lipinski definition) is 0. The van der Waals surface area contributed by atoms with Gasteiger partial charge in [0.1, 0.15) is 0 Å². The molecule has 0 N–H and O–H groups in total. The van der Waals surface area contributed by atoms with Crippen molar-refractivity contribution in [1.29, 1.82) is 0 Å². The summed E-state index contributed by atoms with van der Waals surface area (Å²) in [5.74, 6) is 0. The predicted octanol–water partition coefficient (Wildman–Crippen LogP) is 12.7. The molecule has 9 rings (SSSR count). The van der Waals surface area contributed by atoms with Gasteiger partial charge in [-0.25, -0.2) is 0 Å². The zero-order valence-electron chi connectivity index (χ0n) is 30.1. The summed E-state index contributed by atoms with van der Waals surface area (Å²) in [6.45, 7) is 8.79. The van der Waals surface area contributed by atoms with Crippen molar-refractivity contribution >= 4 is 58.5 Å². The van der Waals surface area contributed by atoms with E-state index in [0.29, 0.717) is 0 Å². The van der Waals surface area contributed by atoms with Crippen molar-refractivity contribution in [1.82, 2.24) is 0 Å². The number of rotatable bonds is 4. The van der Waals surface area contributed by atoms with Crippen LogP contribution in [-0.2, 0) is 33.7 Å². The Morgan fingerprint density at radius 2 is 1.04 bits per heavy atom. The Morgan fingerprint density at radius 1 is 0.577 bits per heavy atom. The molecule has 0 amide bonds. The van der Waals surface area contributed by atoms with Crippen molar-refractivity contribution in [3.05, 3.63) is 180 Å². The van der Waals surface area contributed by atoms with Crippen molar-refractivity contribution in [2.75, 3.05) is 0 Å². The zero-order chi connectivity index (χ0) is 36.5. The van der Waals surface area contributed by atoms with Crippen LogP contribution < -0.4 is 10.4 Å². The smallest absolute Gasteiger partial charge is 0.0920 e. The topological polar surface area (TPSA) is 0 Å². The minimum atomic E-state index is -0.826. The van der Waals surface area contributed by atoms with Gasteiger partial charge in [0.15, 0.2) is 0 Å². The number of fused-ring (bicyclic) bond motifs is 5. The molecule has 0 aromatic heterocycles. The molecule has 2 radical (unpaired) electrons. The van der Waals surface area contributed by atoms with E-state index in [-0.39, 0.29) is 0 Å². The Labute approximate surface area is 330 Å². The van der Waals surface area contributed by atoms with Gasteiger partial charge in [-0.05, 0) is 24.0 Å². The molecule has 1 aliphatic heterocycles. The van der Waals surface area contributed by atoms with Gasteiger partial charge in [0.2, 0.25) is 0 Å². The van der Waals surface area contributed by atoms with Gasteiger partial charge < -0.3 is 0 Å². The van der Waals surface area contributed by atoms with Crippen LogP contribution in [0.15, 0.2) is 152 Å². The fourth-order valence-corrected chi connectivity index (χ4v) is 8.47. The van der Waals surface area contributed by atoms with Gasteiger partial charge in [-0.15, -0.1) is 74.6 Å². The van der Waals surface area contributed by atoms with E-state index in [1.165, 1.54) is 87.6 Å². The Kier molecular flexibility index (Phi) is 13.4. The van der Waals surface area contributed by atoms with Gasteiger partial charge in [-0.2, -0.15) is 41.6 Å². The normalized spacial score (nSPS) is 11.0. The molecule has 0 atom stereocenters. The second-order valence-electron chi connectivity index (χ2n) is 12.9. The van der Waals surface area contributed by atoms with Gasteiger partial charge in [-0.1, -0.05) is 146 Å². The van der Waals surface area contributed by atoms with Crippen molar-refractivity contribution in [3.8, 4) is 33.4 Å². The molecule has 1 aliphatic rings. The third-order valence-corrected chi connectivity index (χ3v) is 10.8. The Morgan fingerprint density at radius 3 is 1.54 bits per heavy atom. The van der Waals surface area contributed by atoms with E-state index in [1.807, 2.05) is 6.07 Å². The van der Waals surface area contributed by atoms with Gasteiger partial charge in [-0.3, -0.25) is 0 Å². The van der Waals surface area contributed by atoms with Crippen molar-refractivity contribution < 1.29 is 20.8 Å². The quantitative estimate of drug-likeness (QED) is 0.123.